The first-order valence-electron chi connectivity index (χ1n) is 8.14. The Labute approximate surface area is 134 Å². The van der Waals surface area contributed by atoms with Gasteiger partial charge in [-0.25, -0.2) is 4.98 Å². The number of nitrogens with zero attached hydrogens (tertiary/aromatic N) is 2. The highest BCUT2D eigenvalue weighted by Gasteiger charge is 2.01. The van der Waals surface area contributed by atoms with Crippen LogP contribution < -0.4 is 16.8 Å². The molecule has 0 fully saturated rings. The maximum atomic E-state index is 5.82. The van der Waals surface area contributed by atoms with E-state index in [1.807, 2.05) is 0 Å². The van der Waals surface area contributed by atoms with Gasteiger partial charge in [-0.05, 0) is 32.5 Å². The predicted molar refractivity (Wildman–Crippen MR) is 94.0 cm³/mol. The highest BCUT2D eigenvalue weighted by molar-refractivity contribution is 5.65. The average molecular weight is 309 g/mol. The lowest BCUT2D eigenvalue weighted by atomic mass is 10.2. The molecule has 22 heavy (non-hydrogen) atoms. The first kappa shape index (κ1) is 18.5. The lowest BCUT2D eigenvalue weighted by Gasteiger charge is -2.16. The number of unbranched alkanes of at least 4 members (excludes halogenated alkanes) is 2. The minimum atomic E-state index is 0.564. The fourth-order valence-corrected chi connectivity index (χ4v) is 2.17. The fraction of sp³-hybridized carbons (Fsp3) is 0.688. The normalized spacial score (nSPS) is 11.0. The number of hydrogen-bond acceptors (Lipinski definition) is 6. The van der Waals surface area contributed by atoms with Crippen molar-refractivity contribution in [3.8, 4) is 0 Å². The molecule has 6 heteroatoms. The van der Waals surface area contributed by atoms with Gasteiger partial charge in [0.2, 0.25) is 0 Å². The summed E-state index contributed by atoms with van der Waals surface area (Å²) in [4.78, 5) is 6.52. The van der Waals surface area contributed by atoms with Crippen LogP contribution in [-0.4, -0.2) is 49.8 Å². The molecule has 1 aromatic rings. The molecule has 0 radical (unpaired) electrons. The molecule has 0 aromatic carbocycles. The van der Waals surface area contributed by atoms with Crippen molar-refractivity contribution in [1.29, 1.82) is 0 Å². The summed E-state index contributed by atoms with van der Waals surface area (Å²) in [6, 6.07) is 1.70. The molecule has 1 heterocycles. The molecule has 0 saturated carbocycles. The Balaban J connectivity index is 1.99. The Hall–Kier alpha value is -1.53. The Morgan fingerprint density at radius 1 is 1.18 bits per heavy atom. The van der Waals surface area contributed by atoms with Crippen LogP contribution >= 0.6 is 0 Å². The molecule has 0 aliphatic rings. The van der Waals surface area contributed by atoms with Crippen LogP contribution in [0.3, 0.4) is 0 Å². The Morgan fingerprint density at radius 3 is 2.68 bits per heavy atom. The summed E-state index contributed by atoms with van der Waals surface area (Å²) in [5.41, 5.74) is 12.6. The van der Waals surface area contributed by atoms with Crippen LogP contribution in [0.2, 0.25) is 0 Å². The van der Waals surface area contributed by atoms with Gasteiger partial charge in [-0.3, -0.25) is 0 Å². The van der Waals surface area contributed by atoms with Crippen LogP contribution in [0.4, 0.5) is 17.2 Å². The molecule has 0 spiro atoms. The van der Waals surface area contributed by atoms with Crippen molar-refractivity contribution in [2.75, 3.05) is 56.7 Å². The van der Waals surface area contributed by atoms with Gasteiger partial charge >= 0.3 is 0 Å². The molecule has 1 rings (SSSR count). The zero-order valence-electron chi connectivity index (χ0n) is 14.0. The zero-order chi connectivity index (χ0) is 16.2. The Bertz CT molecular complexity index is 414. The first-order valence-corrected chi connectivity index (χ1v) is 8.14. The molecule has 126 valence electrons. The summed E-state index contributed by atoms with van der Waals surface area (Å²) in [6.45, 7) is 6.61. The van der Waals surface area contributed by atoms with E-state index in [1.165, 1.54) is 25.8 Å². The molecule has 0 aliphatic heterocycles. The summed E-state index contributed by atoms with van der Waals surface area (Å²) in [5.74, 6) is 0.661. The molecule has 0 unspecified atom stereocenters. The van der Waals surface area contributed by atoms with E-state index in [9.17, 15) is 0 Å². The van der Waals surface area contributed by atoms with Crippen molar-refractivity contribution in [1.82, 2.24) is 9.88 Å². The molecule has 0 aliphatic carbocycles. The second kappa shape index (κ2) is 11.1. The van der Waals surface area contributed by atoms with Crippen LogP contribution in [0, 0.1) is 0 Å². The minimum Gasteiger partial charge on any atom is -0.397 e. The molecule has 6 nitrogen and oxygen atoms in total. The van der Waals surface area contributed by atoms with E-state index in [0.29, 0.717) is 30.3 Å². The summed E-state index contributed by atoms with van der Waals surface area (Å²) < 4.78 is 5.61. The number of nitrogen functional groups attached to an aromatic ring is 2. The van der Waals surface area contributed by atoms with Crippen molar-refractivity contribution < 1.29 is 4.74 Å². The van der Waals surface area contributed by atoms with E-state index < -0.39 is 0 Å². The first-order chi connectivity index (χ1) is 10.6. The molecule has 5 N–H and O–H groups in total. The number of ether oxygens (including phenoxy) is 1. The molecule has 0 amide bonds. The van der Waals surface area contributed by atoms with E-state index in [0.717, 1.165) is 19.6 Å². The number of anilines is 3. The van der Waals surface area contributed by atoms with Gasteiger partial charge < -0.3 is 26.4 Å². The standard InChI is InChI=1S/C16H31N5O/c1-3-4-5-8-21(2)9-6-10-22-11-7-19-16-15(18)12-14(17)13-20-16/h12-13H,3-11,17-18H2,1-2H3,(H,19,20). The van der Waals surface area contributed by atoms with Gasteiger partial charge in [0.25, 0.3) is 0 Å². The van der Waals surface area contributed by atoms with Gasteiger partial charge in [-0.15, -0.1) is 0 Å². The average Bonchev–Trinajstić information content (AvgIpc) is 2.48. The Morgan fingerprint density at radius 2 is 1.95 bits per heavy atom. The Kier molecular flexibility index (Phi) is 9.34. The molecule has 0 atom stereocenters. The number of pyridine rings is 1. The summed E-state index contributed by atoms with van der Waals surface area (Å²) in [6.07, 6.45) is 6.53. The fourth-order valence-electron chi connectivity index (χ4n) is 2.17. The van der Waals surface area contributed by atoms with Gasteiger partial charge in [0, 0.05) is 19.7 Å². The summed E-state index contributed by atoms with van der Waals surface area (Å²) in [5, 5.41) is 3.15. The SMILES string of the molecule is CCCCCN(C)CCCOCCNc1ncc(N)cc1N. The highest BCUT2D eigenvalue weighted by Crippen LogP contribution is 2.16. The number of nitrogens with two attached hydrogens (primary N) is 2. The largest absolute Gasteiger partial charge is 0.397 e. The third kappa shape index (κ3) is 8.05. The molecule has 1 aromatic heterocycles. The van der Waals surface area contributed by atoms with Gasteiger partial charge in [0.1, 0.15) is 5.82 Å². The van der Waals surface area contributed by atoms with Crippen molar-refractivity contribution in [3.05, 3.63) is 12.3 Å². The second-order valence-electron chi connectivity index (χ2n) is 5.61. The van der Waals surface area contributed by atoms with Crippen LogP contribution in [0.25, 0.3) is 0 Å². The van der Waals surface area contributed by atoms with Crippen LogP contribution in [-0.2, 0) is 4.74 Å². The zero-order valence-corrected chi connectivity index (χ0v) is 14.0. The maximum absolute atomic E-state index is 5.82. The van der Waals surface area contributed by atoms with Gasteiger partial charge in [-0.2, -0.15) is 0 Å². The van der Waals surface area contributed by atoms with Crippen molar-refractivity contribution in [2.24, 2.45) is 0 Å². The second-order valence-corrected chi connectivity index (χ2v) is 5.61. The van der Waals surface area contributed by atoms with Crippen molar-refractivity contribution in [3.63, 3.8) is 0 Å². The molecule has 0 saturated heterocycles. The van der Waals surface area contributed by atoms with E-state index >= 15 is 0 Å². The molecular weight excluding hydrogens is 278 g/mol. The highest BCUT2D eigenvalue weighted by atomic mass is 16.5. The van der Waals surface area contributed by atoms with Crippen LogP contribution in [0.5, 0.6) is 0 Å². The van der Waals surface area contributed by atoms with E-state index in [2.05, 4.69) is 29.2 Å². The summed E-state index contributed by atoms with van der Waals surface area (Å²) in [7, 11) is 2.17. The minimum absolute atomic E-state index is 0.564. The monoisotopic (exact) mass is 309 g/mol. The maximum Gasteiger partial charge on any atom is 0.149 e. The van der Waals surface area contributed by atoms with Crippen molar-refractivity contribution >= 4 is 17.2 Å². The number of rotatable bonds is 12. The van der Waals surface area contributed by atoms with Crippen LogP contribution in [0.1, 0.15) is 32.6 Å². The third-order valence-corrected chi connectivity index (χ3v) is 3.45. The van der Waals surface area contributed by atoms with Gasteiger partial charge in [0.05, 0.1) is 24.2 Å². The van der Waals surface area contributed by atoms with E-state index in [4.69, 9.17) is 16.2 Å². The van der Waals surface area contributed by atoms with Gasteiger partial charge in [0.15, 0.2) is 0 Å². The topological polar surface area (TPSA) is 89.4 Å². The van der Waals surface area contributed by atoms with Crippen molar-refractivity contribution in [2.45, 2.75) is 32.6 Å². The number of hydrogen-bond donors (Lipinski definition) is 3. The lowest BCUT2D eigenvalue weighted by Crippen LogP contribution is -2.22. The number of aromatic nitrogens is 1. The quantitative estimate of drug-likeness (QED) is 0.513. The molecular formula is C16H31N5O. The predicted octanol–water partition coefficient (Wildman–Crippen LogP) is 2.19. The number of nitrogens with one attached hydrogen (secondary N) is 1. The summed E-state index contributed by atoms with van der Waals surface area (Å²) >= 11 is 0. The lowest BCUT2D eigenvalue weighted by molar-refractivity contribution is 0.132. The van der Waals surface area contributed by atoms with E-state index in [-0.39, 0.29) is 0 Å². The van der Waals surface area contributed by atoms with Crippen LogP contribution in [0.15, 0.2) is 12.3 Å². The van der Waals surface area contributed by atoms with Gasteiger partial charge in [-0.1, -0.05) is 19.8 Å². The van der Waals surface area contributed by atoms with E-state index in [1.54, 1.807) is 12.3 Å². The smallest absolute Gasteiger partial charge is 0.149 e. The molecule has 0 bridgehead atoms. The third-order valence-electron chi connectivity index (χ3n) is 3.45.